The number of nitrogens with one attached hydrogen (secondary N) is 1. The van der Waals surface area contributed by atoms with Crippen molar-refractivity contribution < 1.29 is 14.6 Å². The number of methoxy groups -OCH3 is 1. The quantitative estimate of drug-likeness (QED) is 0.816. The molecule has 4 heteroatoms. The molecule has 0 aromatic heterocycles. The summed E-state index contributed by atoms with van der Waals surface area (Å²) in [5, 5.41) is 12.8. The van der Waals surface area contributed by atoms with Crippen LogP contribution in [-0.2, 0) is 11.3 Å². The van der Waals surface area contributed by atoms with Crippen LogP contribution in [0.4, 0.5) is 0 Å². The average Bonchev–Trinajstić information content (AvgIpc) is 2.32. The monoisotopic (exact) mass is 265 g/mol. The van der Waals surface area contributed by atoms with Crippen LogP contribution in [0.5, 0.6) is 5.75 Å². The van der Waals surface area contributed by atoms with Crippen molar-refractivity contribution in [2.24, 2.45) is 5.41 Å². The number of aryl methyl sites for hydroxylation is 2. The van der Waals surface area contributed by atoms with Crippen molar-refractivity contribution in [1.29, 1.82) is 0 Å². The van der Waals surface area contributed by atoms with E-state index in [0.29, 0.717) is 13.2 Å². The maximum atomic E-state index is 9.38. The number of hydrogen-bond acceptors (Lipinski definition) is 4. The minimum absolute atomic E-state index is 0.0912. The average molecular weight is 265 g/mol. The van der Waals surface area contributed by atoms with Crippen molar-refractivity contribution in [3.05, 3.63) is 28.8 Å². The zero-order valence-electron chi connectivity index (χ0n) is 12.0. The van der Waals surface area contributed by atoms with Crippen molar-refractivity contribution in [2.75, 3.05) is 33.5 Å². The highest BCUT2D eigenvalue weighted by Gasteiger charge is 2.37. The van der Waals surface area contributed by atoms with Crippen molar-refractivity contribution >= 4 is 0 Å². The molecule has 1 fully saturated rings. The van der Waals surface area contributed by atoms with Crippen LogP contribution in [0.2, 0.25) is 0 Å². The minimum Gasteiger partial charge on any atom is -0.496 e. The van der Waals surface area contributed by atoms with Crippen LogP contribution in [0.25, 0.3) is 0 Å². The molecule has 19 heavy (non-hydrogen) atoms. The molecule has 0 unspecified atom stereocenters. The molecule has 1 saturated heterocycles. The third-order valence-electron chi connectivity index (χ3n) is 3.67. The molecule has 0 saturated carbocycles. The van der Waals surface area contributed by atoms with Crippen LogP contribution in [-0.4, -0.2) is 38.6 Å². The van der Waals surface area contributed by atoms with Crippen molar-refractivity contribution in [1.82, 2.24) is 5.32 Å². The van der Waals surface area contributed by atoms with Gasteiger partial charge in [0, 0.05) is 18.7 Å². The van der Waals surface area contributed by atoms with Gasteiger partial charge < -0.3 is 19.9 Å². The third-order valence-corrected chi connectivity index (χ3v) is 3.67. The molecular formula is C15H23NO3. The molecule has 1 aliphatic heterocycles. The summed E-state index contributed by atoms with van der Waals surface area (Å²) < 4.78 is 10.7. The molecule has 0 atom stereocenters. The molecule has 0 amide bonds. The Kier molecular flexibility index (Phi) is 4.45. The second-order valence-electron chi connectivity index (χ2n) is 5.53. The third kappa shape index (κ3) is 3.08. The maximum absolute atomic E-state index is 9.38. The van der Waals surface area contributed by atoms with E-state index in [2.05, 4.69) is 31.3 Å². The van der Waals surface area contributed by atoms with E-state index in [9.17, 15) is 5.11 Å². The first-order chi connectivity index (χ1) is 9.10. The summed E-state index contributed by atoms with van der Waals surface area (Å²) in [5.74, 6) is 0.945. The first kappa shape index (κ1) is 14.3. The van der Waals surface area contributed by atoms with Crippen LogP contribution in [0.1, 0.15) is 16.7 Å². The number of rotatable bonds is 6. The Hall–Kier alpha value is -1.10. The fourth-order valence-electron chi connectivity index (χ4n) is 2.57. The summed E-state index contributed by atoms with van der Waals surface area (Å²) in [5.41, 5.74) is 3.46. The topological polar surface area (TPSA) is 50.7 Å². The molecule has 1 aromatic rings. The lowest BCUT2D eigenvalue weighted by atomic mass is 9.87. The van der Waals surface area contributed by atoms with E-state index in [0.717, 1.165) is 30.0 Å². The lowest BCUT2D eigenvalue weighted by molar-refractivity contribution is -0.134. The van der Waals surface area contributed by atoms with Gasteiger partial charge in [-0.15, -0.1) is 0 Å². The molecule has 0 radical (unpaired) electrons. The van der Waals surface area contributed by atoms with Crippen molar-refractivity contribution in [2.45, 2.75) is 20.4 Å². The fourth-order valence-corrected chi connectivity index (χ4v) is 2.57. The van der Waals surface area contributed by atoms with E-state index in [1.54, 1.807) is 7.11 Å². The summed E-state index contributed by atoms with van der Waals surface area (Å²) in [6.45, 7) is 7.10. The van der Waals surface area contributed by atoms with Gasteiger partial charge in [0.1, 0.15) is 5.75 Å². The van der Waals surface area contributed by atoms with Crippen LogP contribution >= 0.6 is 0 Å². The normalized spacial score (nSPS) is 17.1. The molecule has 0 aliphatic carbocycles. The van der Waals surface area contributed by atoms with E-state index < -0.39 is 0 Å². The Morgan fingerprint density at radius 2 is 2.11 bits per heavy atom. The van der Waals surface area contributed by atoms with E-state index in [1.807, 2.05) is 0 Å². The lowest BCUT2D eigenvalue weighted by Crippen LogP contribution is -2.52. The van der Waals surface area contributed by atoms with Gasteiger partial charge in [-0.2, -0.15) is 0 Å². The van der Waals surface area contributed by atoms with E-state index in [1.165, 1.54) is 5.56 Å². The van der Waals surface area contributed by atoms with Gasteiger partial charge in [0.2, 0.25) is 0 Å². The Balaban J connectivity index is 1.99. The smallest absolute Gasteiger partial charge is 0.126 e. The Morgan fingerprint density at radius 1 is 1.37 bits per heavy atom. The molecule has 2 rings (SSSR count). The van der Waals surface area contributed by atoms with Gasteiger partial charge >= 0.3 is 0 Å². The highest BCUT2D eigenvalue weighted by atomic mass is 16.5. The second-order valence-corrected chi connectivity index (χ2v) is 5.53. The molecule has 1 aromatic carbocycles. The standard InChI is InChI=1S/C15H23NO3/c1-11-4-12(2)14(18-3)13(5-11)6-16-7-15(8-17)9-19-10-15/h4-5,16-17H,6-10H2,1-3H3. The van der Waals surface area contributed by atoms with E-state index in [4.69, 9.17) is 9.47 Å². The van der Waals surface area contributed by atoms with Gasteiger partial charge in [-0.3, -0.25) is 0 Å². The molecular weight excluding hydrogens is 242 g/mol. The van der Waals surface area contributed by atoms with Crippen LogP contribution in [0.15, 0.2) is 12.1 Å². The van der Waals surface area contributed by atoms with Gasteiger partial charge in [0.25, 0.3) is 0 Å². The van der Waals surface area contributed by atoms with E-state index in [-0.39, 0.29) is 12.0 Å². The van der Waals surface area contributed by atoms with Crippen LogP contribution in [0.3, 0.4) is 0 Å². The van der Waals surface area contributed by atoms with Gasteiger partial charge in [0.05, 0.1) is 32.3 Å². The van der Waals surface area contributed by atoms with Gasteiger partial charge in [-0.25, -0.2) is 0 Å². The predicted molar refractivity (Wildman–Crippen MR) is 74.5 cm³/mol. The molecule has 1 aliphatic rings. The molecule has 1 heterocycles. The molecule has 0 spiro atoms. The summed E-state index contributed by atoms with van der Waals surface area (Å²) in [4.78, 5) is 0. The van der Waals surface area contributed by atoms with Crippen LogP contribution in [0, 0.1) is 19.3 Å². The molecule has 106 valence electrons. The van der Waals surface area contributed by atoms with Crippen molar-refractivity contribution in [3.8, 4) is 5.75 Å². The van der Waals surface area contributed by atoms with Gasteiger partial charge in [0.15, 0.2) is 0 Å². The highest BCUT2D eigenvalue weighted by molar-refractivity contribution is 5.43. The van der Waals surface area contributed by atoms with Crippen LogP contribution < -0.4 is 10.1 Å². The number of ether oxygens (including phenoxy) is 2. The van der Waals surface area contributed by atoms with Gasteiger partial charge in [-0.1, -0.05) is 17.7 Å². The maximum Gasteiger partial charge on any atom is 0.126 e. The number of hydrogen-bond donors (Lipinski definition) is 2. The van der Waals surface area contributed by atoms with Gasteiger partial charge in [-0.05, 0) is 19.4 Å². The summed E-state index contributed by atoms with van der Waals surface area (Å²) in [7, 11) is 1.70. The largest absolute Gasteiger partial charge is 0.496 e. The SMILES string of the molecule is COc1c(C)cc(C)cc1CNCC1(CO)COC1. The predicted octanol–water partition coefficient (Wildman–Crippen LogP) is 1.41. The molecule has 0 bridgehead atoms. The summed E-state index contributed by atoms with van der Waals surface area (Å²) in [6, 6.07) is 4.26. The number of aliphatic hydroxyl groups is 1. The zero-order valence-corrected chi connectivity index (χ0v) is 12.0. The summed E-state index contributed by atoms with van der Waals surface area (Å²) >= 11 is 0. The Bertz CT molecular complexity index is 436. The molecule has 2 N–H and O–H groups in total. The first-order valence-corrected chi connectivity index (χ1v) is 6.64. The summed E-state index contributed by atoms with van der Waals surface area (Å²) in [6.07, 6.45) is 0. The fraction of sp³-hybridized carbons (Fsp3) is 0.600. The van der Waals surface area contributed by atoms with E-state index >= 15 is 0 Å². The number of benzene rings is 1. The minimum atomic E-state index is -0.0912. The zero-order chi connectivity index (χ0) is 13.9. The Labute approximate surface area is 114 Å². The highest BCUT2D eigenvalue weighted by Crippen LogP contribution is 2.27. The van der Waals surface area contributed by atoms with Crippen molar-refractivity contribution in [3.63, 3.8) is 0 Å². The Morgan fingerprint density at radius 3 is 2.63 bits per heavy atom. The second kappa shape index (κ2) is 5.90. The lowest BCUT2D eigenvalue weighted by Gasteiger charge is -2.40. The molecule has 4 nitrogen and oxygen atoms in total. The number of aliphatic hydroxyl groups excluding tert-OH is 1. The first-order valence-electron chi connectivity index (χ1n) is 6.64.